The van der Waals surface area contributed by atoms with E-state index < -0.39 is 7.92 Å². The van der Waals surface area contributed by atoms with E-state index in [0.29, 0.717) is 20.8 Å². The second kappa shape index (κ2) is 36.4. The van der Waals surface area contributed by atoms with Gasteiger partial charge in [-0.25, -0.2) is 0 Å². The number of nitro groups is 2. The van der Waals surface area contributed by atoms with Crippen molar-refractivity contribution >= 4 is 177 Å². The molecule has 0 saturated carbocycles. The molecule has 1 fully saturated rings. The van der Waals surface area contributed by atoms with Crippen molar-refractivity contribution < 1.29 is 19.2 Å². The van der Waals surface area contributed by atoms with Crippen LogP contribution in [-0.2, 0) is 31.0 Å². The van der Waals surface area contributed by atoms with Crippen LogP contribution in [0.25, 0.3) is 153 Å². The molecule has 1 N–H and O–H groups in total. The molecule has 698 valence electrons. The minimum Gasteiger partial charge on any atom is -0.399 e. The van der Waals surface area contributed by atoms with Crippen LogP contribution in [-0.4, -0.2) is 33.2 Å². The van der Waals surface area contributed by atoms with E-state index in [-0.39, 0.29) is 61.2 Å². The van der Waals surface area contributed by atoms with Gasteiger partial charge in [0.1, 0.15) is 0 Å². The van der Waals surface area contributed by atoms with Crippen molar-refractivity contribution in [2.24, 2.45) is 0 Å². The number of nitro benzene ring substituents is 2. The van der Waals surface area contributed by atoms with Gasteiger partial charge in [-0.05, 0) is 330 Å². The molecule has 143 heavy (non-hydrogen) atoms. The lowest BCUT2D eigenvalue weighted by Gasteiger charge is -2.32. The van der Waals surface area contributed by atoms with Gasteiger partial charge in [0, 0.05) is 47.8 Å². The summed E-state index contributed by atoms with van der Waals surface area (Å²) in [5.41, 5.74) is 26.2. The first-order chi connectivity index (χ1) is 68.9. The second-order valence-corrected chi connectivity index (χ2v) is 45.2. The number of benzene rings is 21. The van der Waals surface area contributed by atoms with Gasteiger partial charge in [0.2, 0.25) is 0 Å². The van der Waals surface area contributed by atoms with Crippen molar-refractivity contribution in [2.75, 3.05) is 0 Å². The molecule has 13 heteroatoms. The van der Waals surface area contributed by atoms with Crippen molar-refractivity contribution in [3.8, 4) is 55.6 Å². The highest BCUT2D eigenvalue weighted by atomic mass is 79.9. The molecule has 0 amide bonds. The van der Waals surface area contributed by atoms with Crippen molar-refractivity contribution in [3.05, 3.63) is 486 Å². The van der Waals surface area contributed by atoms with Gasteiger partial charge in [0.05, 0.1) is 47.4 Å². The fourth-order valence-corrected chi connectivity index (χ4v) is 25.6. The topological polar surface area (TPSA) is 121 Å². The molecule has 0 unspecified atom stereocenters. The summed E-state index contributed by atoms with van der Waals surface area (Å²) >= 11 is 6.78. The van der Waals surface area contributed by atoms with E-state index >= 15 is 0 Å². The van der Waals surface area contributed by atoms with E-state index in [2.05, 4.69) is 454 Å². The molecule has 21 aromatic carbocycles. The summed E-state index contributed by atoms with van der Waals surface area (Å²) in [5, 5.41) is 45.7. The van der Waals surface area contributed by atoms with Crippen molar-refractivity contribution in [3.63, 3.8) is 0 Å². The largest absolute Gasteiger partial charge is 0.494 e. The molecule has 1 aliphatic heterocycles. The zero-order valence-electron chi connectivity index (χ0n) is 81.9. The fraction of sp³-hybridized carbons (Fsp3) is 0.138. The Labute approximate surface area is 852 Å². The lowest BCUT2D eigenvalue weighted by molar-refractivity contribution is -0.383. The Morgan fingerprint density at radius 1 is 0.266 bits per heavy atom. The van der Waals surface area contributed by atoms with E-state index in [1.807, 2.05) is 60.7 Å². The van der Waals surface area contributed by atoms with Crippen LogP contribution in [0, 0.1) is 20.2 Å². The maximum Gasteiger partial charge on any atom is 0.494 e. The number of aromatic nitrogens is 1. The molecule has 27 rings (SSSR count). The Balaban J connectivity index is 0.000000100. The average molecular weight is 2010 g/mol. The predicted molar refractivity (Wildman–Crippen MR) is 609 cm³/mol. The number of hydrogen-bond acceptors (Lipinski definition) is 6. The summed E-state index contributed by atoms with van der Waals surface area (Å²) in [7, 11) is -0.777. The van der Waals surface area contributed by atoms with Crippen molar-refractivity contribution in [2.45, 2.75) is 116 Å². The Morgan fingerprint density at radius 3 is 1.02 bits per heavy atom. The van der Waals surface area contributed by atoms with Crippen LogP contribution in [0.1, 0.15) is 128 Å². The van der Waals surface area contributed by atoms with Gasteiger partial charge >= 0.3 is 7.12 Å². The highest BCUT2D eigenvalue weighted by molar-refractivity contribution is 9.10. The Morgan fingerprint density at radius 2 is 0.587 bits per heavy atom. The molecule has 9 nitrogen and oxygen atoms in total. The summed E-state index contributed by atoms with van der Waals surface area (Å²) in [6, 6.07) is 145. The summed E-state index contributed by atoms with van der Waals surface area (Å²) in [6.07, 6.45) is 0. The molecular weight excluding hydrogens is 1900 g/mol. The fourth-order valence-electron chi connectivity index (χ4n) is 22.4. The van der Waals surface area contributed by atoms with Crippen LogP contribution in [0.4, 0.5) is 11.4 Å². The second-order valence-electron chi connectivity index (χ2n) is 41.3. The quantitative estimate of drug-likeness (QED) is 0.0734. The van der Waals surface area contributed by atoms with Crippen LogP contribution in [0.3, 0.4) is 0 Å². The Kier molecular flexibility index (Phi) is 23.8. The summed E-state index contributed by atoms with van der Waals surface area (Å²) in [5.74, 6) is 0. The zero-order chi connectivity index (χ0) is 98.9. The van der Waals surface area contributed by atoms with E-state index in [1.165, 1.54) is 175 Å². The van der Waals surface area contributed by atoms with Gasteiger partial charge in [-0.2, -0.15) is 0 Å². The third-order valence-corrected chi connectivity index (χ3v) is 34.3. The number of halogens is 2. The number of nitrogens with one attached hydrogen (secondary N) is 1. The molecule has 0 spiro atoms. The lowest BCUT2D eigenvalue weighted by Crippen LogP contribution is -2.41. The van der Waals surface area contributed by atoms with E-state index in [1.54, 1.807) is 18.2 Å². The molecule has 22 aromatic rings. The number of hydrogen-bond donors (Lipinski definition) is 1. The SMILES string of the molecule is CC1(C)c2cc3ccccc3cc2-c2cc3c(cc21)[nH]c1c2ccccc2ccc31.CC1(C)c2ccc(-c3ccc4ccccc4c3[N+](=O)[O-])cc2-c2cc3ccccc3cc21.CC1(C)c2ccc(B3OC(C)(C)C(C)(C)O3)cc2-c2cc3ccccc3cc21.CC1(C)c2ccc(Br)cc2-c2cc3ccccc3cc21.O=[N+]([O-])c1c(Br)ccc2ccccc12.c1ccc(P(c2ccccc2)c2ccccc2)cc1. The molecular formula is C130H105BBr2N3O6P. The molecule has 2 heterocycles. The summed E-state index contributed by atoms with van der Waals surface area (Å²) in [4.78, 5) is 26.0. The minimum atomic E-state index is -0.446. The van der Waals surface area contributed by atoms with Gasteiger partial charge < -0.3 is 14.3 Å². The Bertz CT molecular complexity index is 8810. The lowest BCUT2D eigenvalue weighted by atomic mass is 9.76. The number of aromatic amines is 1. The molecule has 4 aliphatic carbocycles. The van der Waals surface area contributed by atoms with Gasteiger partial charge in [-0.15, -0.1) is 0 Å². The van der Waals surface area contributed by atoms with Crippen molar-refractivity contribution in [1.82, 2.24) is 4.98 Å². The first kappa shape index (κ1) is 93.4. The first-order valence-electron chi connectivity index (χ1n) is 48.9. The van der Waals surface area contributed by atoms with Crippen LogP contribution < -0.4 is 21.4 Å². The van der Waals surface area contributed by atoms with Gasteiger partial charge in [0.25, 0.3) is 11.4 Å². The maximum absolute atomic E-state index is 12.1. The third kappa shape index (κ3) is 16.6. The summed E-state index contributed by atoms with van der Waals surface area (Å²) in [6.45, 7) is 26.9. The molecule has 0 atom stereocenters. The van der Waals surface area contributed by atoms with E-state index in [0.717, 1.165) is 31.8 Å². The van der Waals surface area contributed by atoms with Gasteiger partial charge in [-0.3, -0.25) is 20.2 Å². The Hall–Kier alpha value is -14.6. The minimum absolute atomic E-state index is 0.0108. The smallest absolute Gasteiger partial charge is 0.399 e. The molecule has 0 bridgehead atoms. The van der Waals surface area contributed by atoms with Crippen LogP contribution >= 0.6 is 39.8 Å². The summed E-state index contributed by atoms with van der Waals surface area (Å²) < 4.78 is 14.3. The number of rotatable bonds is 7. The standard InChI is InChI=1S/C29H21NO2.C29H21N.C25H27BO2.C19H15Br.C18H15P.C10H6BrNO2/c1-29(2)26-14-12-21(23-13-11-18-7-5-6-10-22(18)28(23)30(31)32)16-24(26)25-15-19-8-3-4-9-20(19)17-27(25)29;1-29(2)25-14-19-9-4-3-8-18(19)13-22(25)23-15-24-21-12-11-17-7-5-6-10-20(17)28(21)30-27(24)16-26(23)29;1-23(2)21-12-11-18(26-27-24(3,4)25(5,6)28-26)15-20(21)19-13-16-9-7-8-10-17(16)14-22(19)23;1-19(2)17-8-7-14(20)11-16(17)15-9-12-5-3-4-6-13(12)10-18(15)19;1-4-10-16(11-5-1)19(17-12-6-2-7-13-17)18-14-8-3-9-15-18;11-9-6-5-7-3-1-2-4-8(7)10(9)12(13)14/h3-17H,1-2H3;3-16,30H,1-2H3;7-15H,1-6H3;3-11H,1-2H3;1-15H;1-6H. The number of nitrogens with zero attached hydrogens (tertiary/aromatic N) is 2. The highest BCUT2D eigenvalue weighted by Crippen LogP contribution is 2.57. The zero-order valence-corrected chi connectivity index (χ0v) is 86.0. The predicted octanol–water partition coefficient (Wildman–Crippen LogP) is 34.1. The van der Waals surface area contributed by atoms with Crippen LogP contribution in [0.15, 0.2) is 421 Å². The first-order valence-corrected chi connectivity index (χ1v) is 51.8. The van der Waals surface area contributed by atoms with Crippen LogP contribution in [0.2, 0.25) is 0 Å². The maximum atomic E-state index is 12.1. The average Bonchev–Trinajstić information content (AvgIpc) is 1.56. The third-order valence-electron chi connectivity index (χ3n) is 30.8. The number of H-pyrrole nitrogens is 1. The monoisotopic (exact) mass is 2000 g/mol. The molecule has 1 saturated heterocycles. The van der Waals surface area contributed by atoms with Crippen LogP contribution in [0.5, 0.6) is 0 Å². The van der Waals surface area contributed by atoms with Crippen molar-refractivity contribution in [1.29, 1.82) is 0 Å². The van der Waals surface area contributed by atoms with E-state index in [4.69, 9.17) is 9.31 Å². The van der Waals surface area contributed by atoms with Gasteiger partial charge in [-0.1, -0.05) is 381 Å². The number of fused-ring (bicyclic) bond motifs is 23. The molecule has 5 aliphatic rings. The molecule has 1 aromatic heterocycles. The van der Waals surface area contributed by atoms with Gasteiger partial charge in [0.15, 0.2) is 0 Å². The molecule has 0 radical (unpaired) electrons. The van der Waals surface area contributed by atoms with E-state index in [9.17, 15) is 20.2 Å². The highest BCUT2D eigenvalue weighted by Gasteiger charge is 2.52. The normalized spacial score (nSPS) is 14.8.